The predicted molar refractivity (Wildman–Crippen MR) is 129 cm³/mol. The Morgan fingerprint density at radius 3 is 2.45 bits per heavy atom. The highest BCUT2D eigenvalue weighted by Gasteiger charge is 2.17. The molecule has 1 saturated heterocycles. The number of benzene rings is 1. The van der Waals surface area contributed by atoms with E-state index in [0.717, 1.165) is 42.7 Å². The zero-order valence-electron chi connectivity index (χ0n) is 19.9. The van der Waals surface area contributed by atoms with Crippen molar-refractivity contribution in [2.45, 2.75) is 34.2 Å². The van der Waals surface area contributed by atoms with Gasteiger partial charge in [0.2, 0.25) is 0 Å². The molecule has 0 amide bonds. The predicted octanol–water partition coefficient (Wildman–Crippen LogP) is 2.43. The van der Waals surface area contributed by atoms with E-state index in [-0.39, 0.29) is 0 Å². The van der Waals surface area contributed by atoms with E-state index in [1.807, 2.05) is 18.7 Å². The summed E-state index contributed by atoms with van der Waals surface area (Å²) in [5, 5.41) is 11.6. The Morgan fingerprint density at radius 1 is 1.10 bits per heavy atom. The molecule has 2 N–H and O–H groups in total. The summed E-state index contributed by atoms with van der Waals surface area (Å²) < 4.78 is 2.02. The van der Waals surface area contributed by atoms with Crippen molar-refractivity contribution in [1.82, 2.24) is 30.2 Å². The van der Waals surface area contributed by atoms with E-state index >= 15 is 0 Å². The van der Waals surface area contributed by atoms with Crippen LogP contribution in [-0.2, 0) is 6.54 Å². The number of likely N-dealkylation sites (N-methyl/N-ethyl adjacent to an activating group) is 1. The van der Waals surface area contributed by atoms with Crippen molar-refractivity contribution >= 4 is 5.96 Å². The maximum atomic E-state index is 4.65. The minimum atomic E-state index is 0.564. The Bertz CT molecular complexity index is 849. The summed E-state index contributed by atoms with van der Waals surface area (Å²) in [7, 11) is 1.83. The number of nitrogens with one attached hydrogen (secondary N) is 2. The summed E-state index contributed by atoms with van der Waals surface area (Å²) in [5.41, 5.74) is 4.47. The van der Waals surface area contributed by atoms with E-state index in [0.29, 0.717) is 12.5 Å². The van der Waals surface area contributed by atoms with Gasteiger partial charge in [0.05, 0.1) is 11.4 Å². The van der Waals surface area contributed by atoms with Crippen LogP contribution >= 0.6 is 0 Å². The summed E-state index contributed by atoms with van der Waals surface area (Å²) in [6.07, 6.45) is 0. The lowest BCUT2D eigenvalue weighted by atomic mass is 10.1. The van der Waals surface area contributed by atoms with Crippen molar-refractivity contribution in [2.75, 3.05) is 52.9 Å². The number of hydrogen-bond acceptors (Lipinski definition) is 4. The van der Waals surface area contributed by atoms with Gasteiger partial charge < -0.3 is 20.4 Å². The van der Waals surface area contributed by atoms with E-state index in [4.69, 9.17) is 0 Å². The lowest BCUT2D eigenvalue weighted by Crippen LogP contribution is -2.48. The van der Waals surface area contributed by atoms with Gasteiger partial charge in [0.1, 0.15) is 0 Å². The van der Waals surface area contributed by atoms with Gasteiger partial charge in [-0.2, -0.15) is 5.10 Å². The van der Waals surface area contributed by atoms with Crippen LogP contribution in [0.4, 0.5) is 0 Å². The number of aryl methyl sites for hydroxylation is 2. The van der Waals surface area contributed by atoms with Gasteiger partial charge in [-0.25, -0.2) is 4.68 Å². The zero-order valence-corrected chi connectivity index (χ0v) is 19.9. The molecule has 0 radical (unpaired) electrons. The number of rotatable bonds is 8. The lowest BCUT2D eigenvalue weighted by molar-refractivity contribution is 0.124. The average Bonchev–Trinajstić information content (AvgIpc) is 3.12. The molecule has 1 fully saturated rings. The first-order valence-corrected chi connectivity index (χ1v) is 11.5. The van der Waals surface area contributed by atoms with Crippen LogP contribution in [0.15, 0.2) is 35.3 Å². The van der Waals surface area contributed by atoms with Crippen molar-refractivity contribution in [2.24, 2.45) is 10.9 Å². The number of nitrogens with zero attached hydrogens (tertiary/aromatic N) is 5. The van der Waals surface area contributed by atoms with Crippen LogP contribution in [0.25, 0.3) is 5.69 Å². The number of piperazine rings is 1. The molecule has 2 aromatic rings. The highest BCUT2D eigenvalue weighted by atomic mass is 15.3. The quantitative estimate of drug-likeness (QED) is 0.502. The van der Waals surface area contributed by atoms with E-state index in [2.05, 4.69) is 81.6 Å². The number of aromatic nitrogens is 2. The average molecular weight is 426 g/mol. The van der Waals surface area contributed by atoms with Crippen LogP contribution in [0.3, 0.4) is 0 Å². The molecular weight excluding hydrogens is 386 g/mol. The standard InChI is InChI=1S/C24H39N7/c1-6-29-11-13-30(14-12-29)18-19(2)16-26-24(25-5)27-17-22-9-7-8-10-23(22)31-21(4)15-20(3)28-31/h7-10,15,19H,6,11-14,16-18H2,1-5H3,(H2,25,26,27). The molecule has 0 aliphatic carbocycles. The number of hydrogen-bond donors (Lipinski definition) is 2. The largest absolute Gasteiger partial charge is 0.356 e. The molecule has 2 heterocycles. The van der Waals surface area contributed by atoms with Gasteiger partial charge in [-0.1, -0.05) is 32.0 Å². The molecule has 1 atom stereocenters. The summed E-state index contributed by atoms with van der Waals surface area (Å²) in [5.74, 6) is 1.40. The third-order valence-electron chi connectivity index (χ3n) is 6.00. The van der Waals surface area contributed by atoms with Crippen LogP contribution < -0.4 is 10.6 Å². The van der Waals surface area contributed by atoms with Gasteiger partial charge >= 0.3 is 0 Å². The molecule has 1 unspecified atom stereocenters. The molecule has 1 aromatic carbocycles. The van der Waals surface area contributed by atoms with Crippen molar-refractivity contribution in [3.63, 3.8) is 0 Å². The normalized spacial score (nSPS) is 17.0. The second kappa shape index (κ2) is 11.3. The van der Waals surface area contributed by atoms with Gasteiger partial charge in [-0.3, -0.25) is 4.99 Å². The molecule has 7 heteroatoms. The van der Waals surface area contributed by atoms with E-state index < -0.39 is 0 Å². The third-order valence-corrected chi connectivity index (χ3v) is 6.00. The van der Waals surface area contributed by atoms with Gasteiger partial charge in [0.15, 0.2) is 5.96 Å². The maximum Gasteiger partial charge on any atom is 0.191 e. The molecule has 0 saturated carbocycles. The second-order valence-corrected chi connectivity index (χ2v) is 8.61. The van der Waals surface area contributed by atoms with Crippen molar-refractivity contribution in [1.29, 1.82) is 0 Å². The van der Waals surface area contributed by atoms with E-state index in [1.165, 1.54) is 31.7 Å². The molecule has 0 spiro atoms. The summed E-state index contributed by atoms with van der Waals surface area (Å²) >= 11 is 0. The molecule has 1 aromatic heterocycles. The fourth-order valence-corrected chi connectivity index (χ4v) is 4.20. The fraction of sp³-hybridized carbons (Fsp3) is 0.583. The molecule has 1 aliphatic rings. The van der Waals surface area contributed by atoms with Crippen LogP contribution in [0, 0.1) is 19.8 Å². The highest BCUT2D eigenvalue weighted by Crippen LogP contribution is 2.17. The third kappa shape index (κ3) is 6.55. The van der Waals surface area contributed by atoms with Gasteiger partial charge in [0.25, 0.3) is 0 Å². The topological polar surface area (TPSA) is 60.7 Å². The molecular formula is C24H39N7. The first kappa shape index (κ1) is 23.3. The minimum Gasteiger partial charge on any atom is -0.356 e. The second-order valence-electron chi connectivity index (χ2n) is 8.61. The Morgan fingerprint density at radius 2 is 1.81 bits per heavy atom. The zero-order chi connectivity index (χ0) is 22.2. The lowest BCUT2D eigenvalue weighted by Gasteiger charge is -2.35. The Labute approximate surface area is 187 Å². The van der Waals surface area contributed by atoms with Crippen LogP contribution in [0.1, 0.15) is 30.8 Å². The van der Waals surface area contributed by atoms with E-state index in [9.17, 15) is 0 Å². The first-order chi connectivity index (χ1) is 15.0. The SMILES string of the molecule is CCN1CCN(CC(C)CNC(=NC)NCc2ccccc2-n2nc(C)cc2C)CC1. The first-order valence-electron chi connectivity index (χ1n) is 11.5. The van der Waals surface area contributed by atoms with Crippen LogP contribution in [-0.4, -0.2) is 78.4 Å². The van der Waals surface area contributed by atoms with E-state index in [1.54, 1.807) is 0 Å². The fourth-order valence-electron chi connectivity index (χ4n) is 4.20. The highest BCUT2D eigenvalue weighted by molar-refractivity contribution is 5.79. The Balaban J connectivity index is 1.50. The number of para-hydroxylation sites is 1. The Kier molecular flexibility index (Phi) is 8.49. The van der Waals surface area contributed by atoms with Gasteiger partial charge in [0, 0.05) is 58.6 Å². The smallest absolute Gasteiger partial charge is 0.191 e. The molecule has 1 aliphatic heterocycles. The van der Waals surface area contributed by atoms with Crippen molar-refractivity contribution in [3.8, 4) is 5.69 Å². The molecule has 0 bridgehead atoms. The molecule has 7 nitrogen and oxygen atoms in total. The van der Waals surface area contributed by atoms with Crippen LogP contribution in [0.2, 0.25) is 0 Å². The summed E-state index contributed by atoms with van der Waals surface area (Å²) in [6.45, 7) is 17.3. The number of guanidine groups is 1. The van der Waals surface area contributed by atoms with Crippen molar-refractivity contribution < 1.29 is 0 Å². The van der Waals surface area contributed by atoms with Gasteiger partial charge in [-0.05, 0) is 44.0 Å². The van der Waals surface area contributed by atoms with Crippen LogP contribution in [0.5, 0.6) is 0 Å². The molecule has 170 valence electrons. The maximum absolute atomic E-state index is 4.65. The summed E-state index contributed by atoms with van der Waals surface area (Å²) in [4.78, 5) is 9.52. The monoisotopic (exact) mass is 425 g/mol. The van der Waals surface area contributed by atoms with Gasteiger partial charge in [-0.15, -0.1) is 0 Å². The Hall–Kier alpha value is -2.38. The minimum absolute atomic E-state index is 0.564. The molecule has 3 rings (SSSR count). The molecule has 31 heavy (non-hydrogen) atoms. The summed E-state index contributed by atoms with van der Waals surface area (Å²) in [6, 6.07) is 10.5. The number of aliphatic imine (C=N–C) groups is 1. The van der Waals surface area contributed by atoms with Crippen molar-refractivity contribution in [3.05, 3.63) is 47.3 Å².